The normalized spacial score (nSPS) is 20.0. The van der Waals surface area contributed by atoms with E-state index in [0.29, 0.717) is 0 Å². The van der Waals surface area contributed by atoms with Gasteiger partial charge in [0.05, 0.1) is 0 Å². The molecule has 0 aliphatic heterocycles. The minimum atomic E-state index is 0.915. The highest BCUT2D eigenvalue weighted by atomic mass is 14.8. The Morgan fingerprint density at radius 2 is 2.27 bits per heavy atom. The Hall–Kier alpha value is -0.300. The van der Waals surface area contributed by atoms with Gasteiger partial charge in [0.25, 0.3) is 0 Å². The summed E-state index contributed by atoms with van der Waals surface area (Å²) in [6.45, 7) is 3.31. The van der Waals surface area contributed by atoms with E-state index in [1.165, 1.54) is 25.7 Å². The molecule has 0 aromatic rings. The van der Waals surface area contributed by atoms with E-state index in [1.807, 2.05) is 7.05 Å². The van der Waals surface area contributed by atoms with Crippen LogP contribution in [0.4, 0.5) is 0 Å². The second kappa shape index (κ2) is 4.55. The van der Waals surface area contributed by atoms with Crippen LogP contribution in [0.3, 0.4) is 0 Å². The Labute approximate surface area is 69.9 Å². The molecule has 0 unspecified atom stereocenters. The molecule has 0 radical (unpaired) electrons. The first-order chi connectivity index (χ1) is 5.36. The highest BCUT2D eigenvalue weighted by Gasteiger charge is 2.14. The minimum Gasteiger partial charge on any atom is -0.316 e. The van der Waals surface area contributed by atoms with E-state index in [0.717, 1.165) is 12.5 Å². The van der Waals surface area contributed by atoms with Gasteiger partial charge in [0.15, 0.2) is 0 Å². The molecule has 11 heavy (non-hydrogen) atoms. The molecule has 1 N–H and O–H groups in total. The molecule has 0 saturated heterocycles. The van der Waals surface area contributed by atoms with Crippen LogP contribution in [0.1, 0.15) is 32.6 Å². The molecule has 1 fully saturated rings. The van der Waals surface area contributed by atoms with Crippen molar-refractivity contribution in [3.05, 3.63) is 11.6 Å². The lowest BCUT2D eigenvalue weighted by molar-refractivity contribution is 0.385. The number of allylic oxidation sites excluding steroid dienone is 1. The molecule has 0 aromatic heterocycles. The van der Waals surface area contributed by atoms with Crippen LogP contribution in [0.5, 0.6) is 0 Å². The van der Waals surface area contributed by atoms with Gasteiger partial charge in [-0.3, -0.25) is 0 Å². The van der Waals surface area contributed by atoms with E-state index >= 15 is 0 Å². The van der Waals surface area contributed by atoms with Gasteiger partial charge in [-0.2, -0.15) is 0 Å². The Balaban J connectivity index is 2.31. The van der Waals surface area contributed by atoms with Gasteiger partial charge in [-0.25, -0.2) is 0 Å². The quantitative estimate of drug-likeness (QED) is 0.611. The highest BCUT2D eigenvalue weighted by molar-refractivity contribution is 5.07. The van der Waals surface area contributed by atoms with Crippen molar-refractivity contribution in [3.63, 3.8) is 0 Å². The molecule has 0 atom stereocenters. The topological polar surface area (TPSA) is 12.0 Å². The monoisotopic (exact) mass is 153 g/mol. The predicted molar refractivity (Wildman–Crippen MR) is 49.6 cm³/mol. The van der Waals surface area contributed by atoms with Gasteiger partial charge in [-0.1, -0.05) is 25.0 Å². The van der Waals surface area contributed by atoms with Crippen LogP contribution in [0, 0.1) is 5.92 Å². The van der Waals surface area contributed by atoms with Crippen molar-refractivity contribution in [1.82, 2.24) is 5.32 Å². The van der Waals surface area contributed by atoms with Gasteiger partial charge in [0.1, 0.15) is 0 Å². The summed E-state index contributed by atoms with van der Waals surface area (Å²) in [6.07, 6.45) is 7.97. The zero-order valence-corrected chi connectivity index (χ0v) is 7.69. The van der Waals surface area contributed by atoms with E-state index in [1.54, 1.807) is 5.57 Å². The summed E-state index contributed by atoms with van der Waals surface area (Å²) in [4.78, 5) is 0. The van der Waals surface area contributed by atoms with Crippen LogP contribution in [0.15, 0.2) is 11.6 Å². The lowest BCUT2D eigenvalue weighted by atomic mass is 9.84. The molecule has 64 valence electrons. The first kappa shape index (κ1) is 8.79. The van der Waals surface area contributed by atoms with Gasteiger partial charge in [0, 0.05) is 6.54 Å². The van der Waals surface area contributed by atoms with Crippen LogP contribution in [-0.4, -0.2) is 13.6 Å². The van der Waals surface area contributed by atoms with Crippen molar-refractivity contribution >= 4 is 0 Å². The van der Waals surface area contributed by atoms with Gasteiger partial charge in [-0.05, 0) is 32.2 Å². The van der Waals surface area contributed by atoms with Crippen LogP contribution in [-0.2, 0) is 0 Å². The Morgan fingerprint density at radius 1 is 1.55 bits per heavy atom. The fraction of sp³-hybridized carbons (Fsp3) is 0.800. The number of nitrogens with one attached hydrogen (secondary N) is 1. The molecular formula is C10H19N. The van der Waals surface area contributed by atoms with Crippen molar-refractivity contribution in [2.75, 3.05) is 13.6 Å². The average Bonchev–Trinajstić information content (AvgIpc) is 1.94. The second-order valence-electron chi connectivity index (χ2n) is 3.40. The zero-order valence-electron chi connectivity index (χ0n) is 7.69. The summed E-state index contributed by atoms with van der Waals surface area (Å²) in [5.41, 5.74) is 1.58. The van der Waals surface area contributed by atoms with Crippen LogP contribution < -0.4 is 5.32 Å². The maximum absolute atomic E-state index is 3.20. The summed E-state index contributed by atoms with van der Waals surface area (Å²) in [7, 11) is 2.02. The molecule has 1 rings (SSSR count). The SMILES string of the molecule is CC/C(=C\C1CCC1)CNC. The van der Waals surface area contributed by atoms with Crippen molar-refractivity contribution < 1.29 is 0 Å². The zero-order chi connectivity index (χ0) is 8.10. The molecule has 1 aliphatic rings. The number of likely N-dealkylation sites (N-methyl/N-ethyl adjacent to an activating group) is 1. The largest absolute Gasteiger partial charge is 0.316 e. The summed E-state index contributed by atoms with van der Waals surface area (Å²) in [6, 6.07) is 0. The summed E-state index contributed by atoms with van der Waals surface area (Å²) in [5.74, 6) is 0.915. The van der Waals surface area contributed by atoms with Crippen molar-refractivity contribution in [1.29, 1.82) is 0 Å². The molecule has 1 saturated carbocycles. The maximum Gasteiger partial charge on any atom is 0.0161 e. The molecule has 0 aromatic carbocycles. The number of rotatable bonds is 4. The molecule has 0 heterocycles. The summed E-state index contributed by atoms with van der Waals surface area (Å²) in [5, 5.41) is 3.20. The highest BCUT2D eigenvalue weighted by Crippen LogP contribution is 2.28. The molecule has 0 spiro atoms. The van der Waals surface area contributed by atoms with Crippen molar-refractivity contribution in [2.45, 2.75) is 32.6 Å². The first-order valence-corrected chi connectivity index (χ1v) is 4.71. The van der Waals surface area contributed by atoms with E-state index in [9.17, 15) is 0 Å². The van der Waals surface area contributed by atoms with Crippen LogP contribution >= 0.6 is 0 Å². The van der Waals surface area contributed by atoms with E-state index < -0.39 is 0 Å². The molecule has 1 aliphatic carbocycles. The Kier molecular flexibility index (Phi) is 3.64. The standard InChI is InChI=1S/C10H19N/c1-3-9(8-11-2)7-10-5-4-6-10/h7,10-11H,3-6,8H2,1-2H3/b9-7+. The fourth-order valence-electron chi connectivity index (χ4n) is 1.47. The lowest BCUT2D eigenvalue weighted by Gasteiger charge is -2.23. The number of hydrogen-bond acceptors (Lipinski definition) is 1. The van der Waals surface area contributed by atoms with Gasteiger partial charge in [-0.15, -0.1) is 0 Å². The fourth-order valence-corrected chi connectivity index (χ4v) is 1.47. The van der Waals surface area contributed by atoms with Crippen LogP contribution in [0.25, 0.3) is 0 Å². The van der Waals surface area contributed by atoms with Gasteiger partial charge in [0.2, 0.25) is 0 Å². The second-order valence-corrected chi connectivity index (χ2v) is 3.40. The van der Waals surface area contributed by atoms with Crippen molar-refractivity contribution in [2.24, 2.45) is 5.92 Å². The third kappa shape index (κ3) is 2.66. The predicted octanol–water partition coefficient (Wildman–Crippen LogP) is 2.34. The van der Waals surface area contributed by atoms with Gasteiger partial charge >= 0.3 is 0 Å². The molecule has 1 heteroatoms. The smallest absolute Gasteiger partial charge is 0.0161 e. The van der Waals surface area contributed by atoms with E-state index in [2.05, 4.69) is 18.3 Å². The number of hydrogen-bond donors (Lipinski definition) is 1. The summed E-state index contributed by atoms with van der Waals surface area (Å²) >= 11 is 0. The Morgan fingerprint density at radius 3 is 2.64 bits per heavy atom. The Bertz CT molecular complexity index is 134. The average molecular weight is 153 g/mol. The van der Waals surface area contributed by atoms with E-state index in [4.69, 9.17) is 0 Å². The third-order valence-electron chi connectivity index (χ3n) is 2.48. The lowest BCUT2D eigenvalue weighted by Crippen LogP contribution is -2.14. The molecule has 0 amide bonds. The molecule has 1 nitrogen and oxygen atoms in total. The maximum atomic E-state index is 3.20. The van der Waals surface area contributed by atoms with Gasteiger partial charge < -0.3 is 5.32 Å². The first-order valence-electron chi connectivity index (χ1n) is 4.71. The molecular weight excluding hydrogens is 134 g/mol. The van der Waals surface area contributed by atoms with Crippen molar-refractivity contribution in [3.8, 4) is 0 Å². The third-order valence-corrected chi connectivity index (χ3v) is 2.48. The summed E-state index contributed by atoms with van der Waals surface area (Å²) < 4.78 is 0. The van der Waals surface area contributed by atoms with E-state index in [-0.39, 0.29) is 0 Å². The van der Waals surface area contributed by atoms with Crippen LogP contribution in [0.2, 0.25) is 0 Å². The molecule has 0 bridgehead atoms. The minimum absolute atomic E-state index is 0.915.